The second-order valence-corrected chi connectivity index (χ2v) is 8.64. The highest BCUT2D eigenvalue weighted by atomic mass is 35.5. The summed E-state index contributed by atoms with van der Waals surface area (Å²) < 4.78 is 0.627. The Labute approximate surface area is 177 Å². The summed E-state index contributed by atoms with van der Waals surface area (Å²) in [4.78, 5) is 27.4. The molecule has 0 bridgehead atoms. The molecular weight excluding hydrogens is 410 g/mol. The fourth-order valence-corrected chi connectivity index (χ4v) is 4.67. The number of aliphatic hydroxyl groups excluding tert-OH is 1. The molecule has 0 saturated carbocycles. The van der Waals surface area contributed by atoms with Crippen molar-refractivity contribution < 1.29 is 14.7 Å². The summed E-state index contributed by atoms with van der Waals surface area (Å²) in [7, 11) is 0. The van der Waals surface area contributed by atoms with Crippen LogP contribution in [-0.4, -0.2) is 35.3 Å². The van der Waals surface area contributed by atoms with Gasteiger partial charge in [-0.15, -0.1) is 11.8 Å². The molecule has 2 aliphatic rings. The third kappa shape index (κ3) is 4.12. The number of anilines is 3. The summed E-state index contributed by atoms with van der Waals surface area (Å²) in [6, 6.07) is 13.0. The van der Waals surface area contributed by atoms with E-state index in [4.69, 9.17) is 16.7 Å². The Bertz CT molecular complexity index is 978. The number of aliphatic hydroxyl groups is 1. The molecule has 2 amide bonds. The van der Waals surface area contributed by atoms with Gasteiger partial charge in [-0.1, -0.05) is 29.8 Å². The molecule has 2 aromatic carbocycles. The number of nitrogens with one attached hydrogen (secondary N) is 2. The lowest BCUT2D eigenvalue weighted by Gasteiger charge is -2.17. The van der Waals surface area contributed by atoms with Gasteiger partial charge in [-0.2, -0.15) is 0 Å². The van der Waals surface area contributed by atoms with Crippen LogP contribution in [0.1, 0.15) is 22.3 Å². The SMILES string of the molecule is O=C(Nc1cccc2c1C(=O)N(c1ccc(NCCO)cc1)C2)C1CC=C(Cl)S1. The number of carbonyl (C=O) groups excluding carboxylic acids is 2. The van der Waals surface area contributed by atoms with E-state index in [1.54, 1.807) is 11.0 Å². The fraction of sp³-hybridized carbons (Fsp3) is 0.238. The van der Waals surface area contributed by atoms with Crippen molar-refractivity contribution in [3.05, 3.63) is 64.0 Å². The number of halogens is 1. The fourth-order valence-electron chi connectivity index (χ4n) is 3.44. The number of hydrogen-bond acceptors (Lipinski definition) is 5. The smallest absolute Gasteiger partial charge is 0.261 e. The Morgan fingerprint density at radius 2 is 2.03 bits per heavy atom. The molecule has 2 aromatic rings. The Hall–Kier alpha value is -2.48. The third-order valence-electron chi connectivity index (χ3n) is 4.86. The molecule has 0 aliphatic carbocycles. The normalized spacial score (nSPS) is 17.9. The van der Waals surface area contributed by atoms with E-state index in [9.17, 15) is 9.59 Å². The first kappa shape index (κ1) is 19.8. The largest absolute Gasteiger partial charge is 0.395 e. The van der Waals surface area contributed by atoms with Gasteiger partial charge in [-0.3, -0.25) is 9.59 Å². The minimum absolute atomic E-state index is 0.0534. The standard InChI is InChI=1S/C21H20ClN3O3S/c22-18-9-8-17(29-18)20(27)24-16-3-1-2-13-12-25(21(28)19(13)16)15-6-4-14(5-7-15)23-10-11-26/h1-7,9,17,23,26H,8,10-12H2,(H,24,27). The highest BCUT2D eigenvalue weighted by Crippen LogP contribution is 2.37. The molecular formula is C21H20ClN3O3S. The maximum atomic E-state index is 13.1. The van der Waals surface area contributed by atoms with Crippen LogP contribution in [0.4, 0.5) is 17.1 Å². The number of amides is 2. The molecule has 1 unspecified atom stereocenters. The summed E-state index contributed by atoms with van der Waals surface area (Å²) in [5.74, 6) is -0.289. The van der Waals surface area contributed by atoms with Gasteiger partial charge < -0.3 is 20.6 Å². The Morgan fingerprint density at radius 3 is 2.72 bits per heavy atom. The predicted molar refractivity (Wildman–Crippen MR) is 118 cm³/mol. The van der Waals surface area contributed by atoms with Crippen molar-refractivity contribution in [1.82, 2.24) is 0 Å². The number of benzene rings is 2. The molecule has 0 radical (unpaired) electrons. The molecule has 2 aliphatic heterocycles. The molecule has 4 rings (SSSR count). The van der Waals surface area contributed by atoms with Gasteiger partial charge in [0, 0.05) is 17.9 Å². The van der Waals surface area contributed by atoms with Crippen LogP contribution in [0.2, 0.25) is 0 Å². The van der Waals surface area contributed by atoms with Gasteiger partial charge in [0.1, 0.15) is 0 Å². The van der Waals surface area contributed by atoms with Crippen LogP contribution in [0.5, 0.6) is 0 Å². The summed E-state index contributed by atoms with van der Waals surface area (Å²) in [6.07, 6.45) is 2.42. The molecule has 0 spiro atoms. The van der Waals surface area contributed by atoms with Crippen molar-refractivity contribution in [1.29, 1.82) is 0 Å². The van der Waals surface area contributed by atoms with E-state index in [2.05, 4.69) is 10.6 Å². The van der Waals surface area contributed by atoms with Crippen molar-refractivity contribution >= 4 is 52.2 Å². The summed E-state index contributed by atoms with van der Waals surface area (Å²) in [5.41, 5.74) is 3.60. The molecule has 29 heavy (non-hydrogen) atoms. The van der Waals surface area contributed by atoms with Crippen molar-refractivity contribution in [3.8, 4) is 0 Å². The van der Waals surface area contributed by atoms with E-state index in [0.717, 1.165) is 16.9 Å². The average Bonchev–Trinajstić information content (AvgIpc) is 3.31. The number of allylic oxidation sites excluding steroid dienone is 1. The Balaban J connectivity index is 1.51. The zero-order chi connectivity index (χ0) is 20.4. The van der Waals surface area contributed by atoms with Crippen LogP contribution in [0.25, 0.3) is 0 Å². The quantitative estimate of drug-likeness (QED) is 0.651. The number of hydrogen-bond donors (Lipinski definition) is 3. The average molecular weight is 430 g/mol. The first-order valence-electron chi connectivity index (χ1n) is 9.28. The van der Waals surface area contributed by atoms with Gasteiger partial charge in [-0.25, -0.2) is 0 Å². The first-order chi connectivity index (χ1) is 14.1. The zero-order valence-corrected chi connectivity index (χ0v) is 17.1. The lowest BCUT2D eigenvalue weighted by atomic mass is 10.1. The van der Waals surface area contributed by atoms with Crippen LogP contribution in [0.15, 0.2) is 52.9 Å². The van der Waals surface area contributed by atoms with Crippen molar-refractivity contribution in [3.63, 3.8) is 0 Å². The molecule has 0 fully saturated rings. The topological polar surface area (TPSA) is 81.7 Å². The first-order valence-corrected chi connectivity index (χ1v) is 10.5. The van der Waals surface area contributed by atoms with Gasteiger partial charge >= 0.3 is 0 Å². The molecule has 6 nitrogen and oxygen atoms in total. The van der Waals surface area contributed by atoms with Crippen LogP contribution < -0.4 is 15.5 Å². The number of carbonyl (C=O) groups is 2. The maximum absolute atomic E-state index is 13.1. The van der Waals surface area contributed by atoms with Crippen LogP contribution in [-0.2, 0) is 11.3 Å². The Morgan fingerprint density at radius 1 is 1.24 bits per heavy atom. The molecule has 150 valence electrons. The van der Waals surface area contributed by atoms with Crippen molar-refractivity contribution in [2.75, 3.05) is 28.7 Å². The molecule has 1 atom stereocenters. The second kappa shape index (κ2) is 8.49. The highest BCUT2D eigenvalue weighted by molar-refractivity contribution is 8.06. The van der Waals surface area contributed by atoms with Crippen LogP contribution in [0.3, 0.4) is 0 Å². The number of rotatable bonds is 6. The zero-order valence-electron chi connectivity index (χ0n) is 15.5. The van der Waals surface area contributed by atoms with Gasteiger partial charge in [0.15, 0.2) is 0 Å². The minimum Gasteiger partial charge on any atom is -0.395 e. The molecule has 0 aromatic heterocycles. The van der Waals surface area contributed by atoms with Gasteiger partial charge in [0.25, 0.3) is 5.91 Å². The van der Waals surface area contributed by atoms with E-state index in [1.807, 2.05) is 42.5 Å². The number of nitrogens with zero attached hydrogens (tertiary/aromatic N) is 1. The van der Waals surface area contributed by atoms with Crippen molar-refractivity contribution in [2.45, 2.75) is 18.2 Å². The van der Waals surface area contributed by atoms with E-state index in [-0.39, 0.29) is 23.7 Å². The highest BCUT2D eigenvalue weighted by Gasteiger charge is 2.32. The summed E-state index contributed by atoms with van der Waals surface area (Å²) in [5, 5.41) is 14.6. The second-order valence-electron chi connectivity index (χ2n) is 6.77. The van der Waals surface area contributed by atoms with Gasteiger partial charge in [0.2, 0.25) is 5.91 Å². The summed E-state index contributed by atoms with van der Waals surface area (Å²) in [6.45, 7) is 0.973. The minimum atomic E-state index is -0.273. The van der Waals surface area contributed by atoms with Crippen LogP contribution in [0, 0.1) is 0 Å². The molecule has 3 N–H and O–H groups in total. The third-order valence-corrected chi connectivity index (χ3v) is 6.36. The predicted octanol–water partition coefficient (Wildman–Crippen LogP) is 3.78. The van der Waals surface area contributed by atoms with E-state index in [1.165, 1.54) is 11.8 Å². The van der Waals surface area contributed by atoms with Crippen molar-refractivity contribution in [2.24, 2.45) is 0 Å². The number of thioether (sulfide) groups is 1. The Kier molecular flexibility index (Phi) is 5.80. The lowest BCUT2D eigenvalue weighted by Crippen LogP contribution is -2.26. The molecule has 0 saturated heterocycles. The van der Waals surface area contributed by atoms with Gasteiger partial charge in [-0.05, 0) is 42.3 Å². The van der Waals surface area contributed by atoms with Crippen LogP contribution >= 0.6 is 23.4 Å². The van der Waals surface area contributed by atoms with Gasteiger partial charge in [0.05, 0.1) is 34.0 Å². The molecule has 2 heterocycles. The summed E-state index contributed by atoms with van der Waals surface area (Å²) >= 11 is 7.29. The monoisotopic (exact) mass is 429 g/mol. The lowest BCUT2D eigenvalue weighted by molar-refractivity contribution is -0.115. The van der Waals surface area contributed by atoms with E-state index >= 15 is 0 Å². The molecule has 8 heteroatoms. The van der Waals surface area contributed by atoms with E-state index in [0.29, 0.717) is 35.1 Å². The number of fused-ring (bicyclic) bond motifs is 1. The van der Waals surface area contributed by atoms with E-state index < -0.39 is 0 Å². The maximum Gasteiger partial charge on any atom is 0.261 e.